The monoisotopic (exact) mass is 343 g/mol. The Morgan fingerprint density at radius 2 is 1.95 bits per heavy atom. The second kappa shape index (κ2) is 7.49. The van der Waals surface area contributed by atoms with Crippen LogP contribution in [0.3, 0.4) is 0 Å². The molecule has 20 heavy (non-hydrogen) atoms. The number of carbonyl (C=O) groups is 3. The van der Waals surface area contributed by atoms with Gasteiger partial charge in [-0.3, -0.25) is 4.79 Å². The second-order valence-electron chi connectivity index (χ2n) is 3.98. The van der Waals surface area contributed by atoms with E-state index < -0.39 is 17.9 Å². The molecule has 0 spiro atoms. The van der Waals surface area contributed by atoms with Crippen molar-refractivity contribution in [3.8, 4) is 0 Å². The maximum absolute atomic E-state index is 11.5. The molecule has 0 aromatic heterocycles. The van der Waals surface area contributed by atoms with Crippen molar-refractivity contribution < 1.29 is 19.5 Å². The summed E-state index contributed by atoms with van der Waals surface area (Å²) in [5.74, 6) is -1.51. The number of benzene rings is 1. The Kier molecular flexibility index (Phi) is 5.98. The zero-order valence-electron chi connectivity index (χ0n) is 10.5. The van der Waals surface area contributed by atoms with Crippen molar-refractivity contribution in [3.05, 3.63) is 28.2 Å². The average Bonchev–Trinajstić information content (AvgIpc) is 2.33. The van der Waals surface area contributed by atoms with Gasteiger partial charge < -0.3 is 21.5 Å². The number of anilines is 1. The molecule has 0 unspecified atom stereocenters. The molecule has 0 heterocycles. The van der Waals surface area contributed by atoms with E-state index in [1.165, 1.54) is 12.1 Å². The molecule has 5 N–H and O–H groups in total. The number of hydrogen-bond acceptors (Lipinski definition) is 3. The van der Waals surface area contributed by atoms with Crippen molar-refractivity contribution in [1.29, 1.82) is 0 Å². The Morgan fingerprint density at radius 3 is 2.55 bits per heavy atom. The first kappa shape index (κ1) is 16.0. The van der Waals surface area contributed by atoms with E-state index in [0.29, 0.717) is 23.1 Å². The fourth-order valence-electron chi connectivity index (χ4n) is 1.43. The highest BCUT2D eigenvalue weighted by Gasteiger charge is 2.08. The summed E-state index contributed by atoms with van der Waals surface area (Å²) in [7, 11) is 0. The molecule has 0 aliphatic rings. The zero-order chi connectivity index (χ0) is 15.1. The summed E-state index contributed by atoms with van der Waals surface area (Å²) in [6.45, 7) is 0.300. The van der Waals surface area contributed by atoms with Crippen LogP contribution in [0.25, 0.3) is 0 Å². The van der Waals surface area contributed by atoms with E-state index in [9.17, 15) is 14.4 Å². The Balaban J connectivity index is 2.53. The molecule has 1 aromatic rings. The summed E-state index contributed by atoms with van der Waals surface area (Å²) in [5, 5.41) is 13.9. The van der Waals surface area contributed by atoms with Crippen LogP contribution in [0.15, 0.2) is 22.7 Å². The van der Waals surface area contributed by atoms with Gasteiger partial charge in [0.05, 0.1) is 5.56 Å². The van der Waals surface area contributed by atoms with Crippen LogP contribution >= 0.6 is 15.9 Å². The minimum atomic E-state index is -1.09. The van der Waals surface area contributed by atoms with Crippen LogP contribution in [0, 0.1) is 0 Å². The van der Waals surface area contributed by atoms with E-state index in [2.05, 4.69) is 26.6 Å². The second-order valence-corrected chi connectivity index (χ2v) is 4.90. The number of carbonyl (C=O) groups excluding carboxylic acids is 2. The number of primary amides is 1. The molecule has 0 aliphatic carbocycles. The van der Waals surface area contributed by atoms with Gasteiger partial charge >= 0.3 is 12.0 Å². The van der Waals surface area contributed by atoms with Crippen LogP contribution in [0.2, 0.25) is 0 Å². The van der Waals surface area contributed by atoms with E-state index in [1.807, 2.05) is 0 Å². The van der Waals surface area contributed by atoms with Gasteiger partial charge in [0.2, 0.25) is 5.91 Å². The number of rotatable bonds is 6. The van der Waals surface area contributed by atoms with E-state index in [4.69, 9.17) is 10.8 Å². The first-order valence-electron chi connectivity index (χ1n) is 5.75. The van der Waals surface area contributed by atoms with Gasteiger partial charge in [-0.1, -0.05) is 15.9 Å². The number of nitrogens with one attached hydrogen (secondary N) is 2. The molecule has 8 heteroatoms. The number of nitrogens with two attached hydrogens (primary N) is 1. The fourth-order valence-corrected chi connectivity index (χ4v) is 1.92. The van der Waals surface area contributed by atoms with Gasteiger partial charge in [0.25, 0.3) is 0 Å². The Bertz CT molecular complexity index is 533. The minimum Gasteiger partial charge on any atom is -0.478 e. The Labute approximate surface area is 123 Å². The summed E-state index contributed by atoms with van der Waals surface area (Å²) < 4.78 is 0.543. The van der Waals surface area contributed by atoms with Gasteiger partial charge in [0.15, 0.2) is 0 Å². The topological polar surface area (TPSA) is 122 Å². The number of aromatic carboxylic acids is 1. The lowest BCUT2D eigenvalue weighted by Crippen LogP contribution is -2.30. The van der Waals surface area contributed by atoms with E-state index in [1.54, 1.807) is 6.07 Å². The smallest absolute Gasteiger partial charge is 0.335 e. The summed E-state index contributed by atoms with van der Waals surface area (Å²) >= 11 is 3.16. The standard InChI is InChI=1S/C12H14BrN3O4/c13-8-4-7(11(18)19)5-9(6-8)16-12(20)15-3-1-2-10(14)17/h4-6H,1-3H2,(H2,14,17)(H,18,19)(H2,15,16,20). The van der Waals surface area contributed by atoms with Crippen molar-refractivity contribution in [2.75, 3.05) is 11.9 Å². The molecule has 3 amide bonds. The molecule has 0 fully saturated rings. The first-order valence-corrected chi connectivity index (χ1v) is 6.55. The van der Waals surface area contributed by atoms with Crippen LogP contribution < -0.4 is 16.4 Å². The van der Waals surface area contributed by atoms with Gasteiger partial charge in [-0.2, -0.15) is 0 Å². The first-order chi connectivity index (χ1) is 9.38. The molecule has 0 saturated carbocycles. The molecule has 0 atom stereocenters. The molecular weight excluding hydrogens is 330 g/mol. The summed E-state index contributed by atoms with van der Waals surface area (Å²) in [6.07, 6.45) is 0.641. The molecule has 1 aromatic carbocycles. The van der Waals surface area contributed by atoms with E-state index >= 15 is 0 Å². The van der Waals surface area contributed by atoms with Crippen LogP contribution in [0.5, 0.6) is 0 Å². The third-order valence-electron chi connectivity index (χ3n) is 2.29. The lowest BCUT2D eigenvalue weighted by Gasteiger charge is -2.08. The molecule has 1 rings (SSSR count). The van der Waals surface area contributed by atoms with Crippen LogP contribution in [0.1, 0.15) is 23.2 Å². The van der Waals surface area contributed by atoms with Crippen LogP contribution in [-0.4, -0.2) is 29.6 Å². The normalized spacial score (nSPS) is 9.85. The maximum atomic E-state index is 11.5. The van der Waals surface area contributed by atoms with E-state index in [0.717, 1.165) is 0 Å². The lowest BCUT2D eigenvalue weighted by atomic mass is 10.2. The largest absolute Gasteiger partial charge is 0.478 e. The Morgan fingerprint density at radius 1 is 1.25 bits per heavy atom. The molecule has 7 nitrogen and oxygen atoms in total. The van der Waals surface area contributed by atoms with Crippen molar-refractivity contribution in [2.24, 2.45) is 5.73 Å². The predicted octanol–water partition coefficient (Wildman–Crippen LogP) is 1.53. The lowest BCUT2D eigenvalue weighted by molar-refractivity contribution is -0.118. The van der Waals surface area contributed by atoms with Crippen LogP contribution in [-0.2, 0) is 4.79 Å². The molecule has 0 radical (unpaired) electrons. The average molecular weight is 344 g/mol. The molecule has 0 saturated heterocycles. The van der Waals surface area contributed by atoms with Crippen molar-refractivity contribution in [1.82, 2.24) is 5.32 Å². The summed E-state index contributed by atoms with van der Waals surface area (Å²) in [4.78, 5) is 32.9. The third-order valence-corrected chi connectivity index (χ3v) is 2.75. The van der Waals surface area contributed by atoms with Crippen molar-refractivity contribution in [3.63, 3.8) is 0 Å². The Hall–Kier alpha value is -2.09. The number of amides is 3. The number of carboxylic acids is 1. The van der Waals surface area contributed by atoms with E-state index in [-0.39, 0.29) is 12.0 Å². The van der Waals surface area contributed by atoms with Gasteiger partial charge in [-0.05, 0) is 24.6 Å². The van der Waals surface area contributed by atoms with Gasteiger partial charge in [0.1, 0.15) is 0 Å². The summed E-state index contributed by atoms with van der Waals surface area (Å²) in [6, 6.07) is 3.87. The highest BCUT2D eigenvalue weighted by atomic mass is 79.9. The minimum absolute atomic E-state index is 0.0587. The van der Waals surface area contributed by atoms with Gasteiger partial charge in [0, 0.05) is 23.1 Å². The van der Waals surface area contributed by atoms with Crippen molar-refractivity contribution in [2.45, 2.75) is 12.8 Å². The number of carboxylic acid groups (broad SMARTS) is 1. The predicted molar refractivity (Wildman–Crippen MR) is 76.6 cm³/mol. The van der Waals surface area contributed by atoms with Gasteiger partial charge in [-0.15, -0.1) is 0 Å². The number of urea groups is 1. The molecule has 0 bridgehead atoms. The fraction of sp³-hybridized carbons (Fsp3) is 0.250. The van der Waals surface area contributed by atoms with Crippen LogP contribution in [0.4, 0.5) is 10.5 Å². The summed E-state index contributed by atoms with van der Waals surface area (Å²) in [5.41, 5.74) is 5.38. The quantitative estimate of drug-likeness (QED) is 0.585. The highest BCUT2D eigenvalue weighted by Crippen LogP contribution is 2.19. The number of halogens is 1. The third kappa shape index (κ3) is 5.70. The zero-order valence-corrected chi connectivity index (χ0v) is 12.1. The van der Waals surface area contributed by atoms with Crippen molar-refractivity contribution >= 4 is 39.5 Å². The molecule has 0 aliphatic heterocycles. The highest BCUT2D eigenvalue weighted by molar-refractivity contribution is 9.10. The number of hydrogen-bond donors (Lipinski definition) is 4. The van der Waals surface area contributed by atoms with Gasteiger partial charge in [-0.25, -0.2) is 9.59 Å². The SMILES string of the molecule is NC(=O)CCCNC(=O)Nc1cc(Br)cc(C(=O)O)c1. The molecular formula is C12H14BrN3O4. The maximum Gasteiger partial charge on any atom is 0.335 e. The molecule has 108 valence electrons.